The zero-order valence-corrected chi connectivity index (χ0v) is 16.4. The number of carbonyl (C=O) groups excluding carboxylic acids is 2. The first-order valence-electron chi connectivity index (χ1n) is 7.53. The summed E-state index contributed by atoms with van der Waals surface area (Å²) in [6, 6.07) is 2.90. The lowest BCUT2D eigenvalue weighted by molar-refractivity contribution is -0.116. The maximum atomic E-state index is 12.4. The van der Waals surface area contributed by atoms with Crippen molar-refractivity contribution >= 4 is 38.2 Å². The zero-order chi connectivity index (χ0) is 19.5. The number of sulfonamides is 1. The number of thiophene rings is 1. The number of hydrogen-bond donors (Lipinski definition) is 1. The van der Waals surface area contributed by atoms with Crippen molar-refractivity contribution in [1.82, 2.24) is 9.29 Å². The number of pyridine rings is 1. The van der Waals surface area contributed by atoms with Crippen LogP contribution < -0.4 is 5.32 Å². The zero-order valence-electron chi connectivity index (χ0n) is 14.8. The van der Waals surface area contributed by atoms with Gasteiger partial charge in [0.15, 0.2) is 0 Å². The van der Waals surface area contributed by atoms with Crippen molar-refractivity contribution in [2.75, 3.05) is 26.0 Å². The molecule has 0 saturated carbocycles. The van der Waals surface area contributed by atoms with Gasteiger partial charge in [0, 0.05) is 24.3 Å². The molecule has 2 heterocycles. The Kier molecular flexibility index (Phi) is 6.11. The monoisotopic (exact) mass is 397 g/mol. The lowest BCUT2D eigenvalue weighted by atomic mass is 10.1. The summed E-state index contributed by atoms with van der Waals surface area (Å²) in [7, 11) is -1.28. The van der Waals surface area contributed by atoms with Crippen molar-refractivity contribution in [3.63, 3.8) is 0 Å². The van der Waals surface area contributed by atoms with Gasteiger partial charge in [-0.3, -0.25) is 9.78 Å². The Hall–Kier alpha value is -2.30. The fourth-order valence-corrected chi connectivity index (χ4v) is 4.35. The molecule has 1 N–H and O–H groups in total. The number of nitrogens with zero attached hydrogens (tertiary/aromatic N) is 2. The number of aromatic nitrogens is 1. The standard InChI is InChI=1S/C16H19N3O5S2/c1-10-11(2)25-15(14(10)16(21)24-4)18-13(20)9-19(3)26(22,23)12-6-5-7-17-8-12/h5-8H,9H2,1-4H3,(H,18,20). The summed E-state index contributed by atoms with van der Waals surface area (Å²) < 4.78 is 30.5. The van der Waals surface area contributed by atoms with Crippen LogP contribution in [0.25, 0.3) is 0 Å². The van der Waals surface area contributed by atoms with Crippen LogP contribution in [0.1, 0.15) is 20.8 Å². The summed E-state index contributed by atoms with van der Waals surface area (Å²) in [6.07, 6.45) is 2.67. The predicted octanol–water partition coefficient (Wildman–Crippen LogP) is 1.81. The third kappa shape index (κ3) is 4.09. The molecular formula is C16H19N3O5S2. The van der Waals surface area contributed by atoms with E-state index in [1.165, 1.54) is 50.0 Å². The smallest absolute Gasteiger partial charge is 0.341 e. The van der Waals surface area contributed by atoms with E-state index in [9.17, 15) is 18.0 Å². The van der Waals surface area contributed by atoms with Crippen molar-refractivity contribution in [2.24, 2.45) is 0 Å². The summed E-state index contributed by atoms with van der Waals surface area (Å²) in [5.74, 6) is -1.12. The summed E-state index contributed by atoms with van der Waals surface area (Å²) in [5.41, 5.74) is 0.995. The van der Waals surface area contributed by atoms with Gasteiger partial charge in [-0.05, 0) is 31.5 Å². The fourth-order valence-electron chi connectivity index (χ4n) is 2.20. The first-order valence-corrected chi connectivity index (χ1v) is 9.78. The molecule has 0 atom stereocenters. The largest absolute Gasteiger partial charge is 0.465 e. The van der Waals surface area contributed by atoms with Crippen LogP contribution in [0, 0.1) is 13.8 Å². The molecule has 0 aliphatic heterocycles. The van der Waals surface area contributed by atoms with Crippen LogP contribution in [0.4, 0.5) is 5.00 Å². The molecule has 8 nitrogen and oxygen atoms in total. The van der Waals surface area contributed by atoms with E-state index in [1.54, 1.807) is 6.92 Å². The third-order valence-corrected chi connectivity index (χ3v) is 6.65. The van der Waals surface area contributed by atoms with Gasteiger partial charge < -0.3 is 10.1 Å². The Morgan fingerprint density at radius 3 is 2.62 bits per heavy atom. The highest BCUT2D eigenvalue weighted by Crippen LogP contribution is 2.32. The van der Waals surface area contributed by atoms with Gasteiger partial charge in [0.2, 0.25) is 15.9 Å². The summed E-state index contributed by atoms with van der Waals surface area (Å²) >= 11 is 1.23. The molecule has 0 aliphatic rings. The molecule has 2 aromatic heterocycles. The Labute approximate surface area is 155 Å². The maximum Gasteiger partial charge on any atom is 0.341 e. The number of ether oxygens (including phenoxy) is 1. The molecule has 0 unspecified atom stereocenters. The van der Waals surface area contributed by atoms with Crippen LogP contribution in [0.3, 0.4) is 0 Å². The minimum atomic E-state index is -3.84. The van der Waals surface area contributed by atoms with Gasteiger partial charge >= 0.3 is 5.97 Å². The topological polar surface area (TPSA) is 106 Å². The molecule has 2 aromatic rings. The molecule has 2 rings (SSSR count). The van der Waals surface area contributed by atoms with E-state index in [0.29, 0.717) is 10.6 Å². The Bertz CT molecular complexity index is 923. The average molecular weight is 397 g/mol. The molecule has 10 heteroatoms. The van der Waals surface area contributed by atoms with E-state index >= 15 is 0 Å². The maximum absolute atomic E-state index is 12.4. The number of hydrogen-bond acceptors (Lipinski definition) is 7. The van der Waals surface area contributed by atoms with E-state index in [2.05, 4.69) is 10.3 Å². The summed E-state index contributed by atoms with van der Waals surface area (Å²) in [4.78, 5) is 28.9. The molecule has 0 radical (unpaired) electrons. The van der Waals surface area contributed by atoms with E-state index in [-0.39, 0.29) is 10.5 Å². The van der Waals surface area contributed by atoms with Crippen LogP contribution in [0.15, 0.2) is 29.4 Å². The van der Waals surface area contributed by atoms with Crippen molar-refractivity contribution < 1.29 is 22.7 Å². The quantitative estimate of drug-likeness (QED) is 0.745. The molecule has 0 bridgehead atoms. The number of methoxy groups -OCH3 is 1. The molecule has 0 fully saturated rings. The van der Waals surface area contributed by atoms with E-state index in [0.717, 1.165) is 9.18 Å². The molecule has 1 amide bonds. The van der Waals surface area contributed by atoms with Gasteiger partial charge in [0.05, 0.1) is 19.2 Å². The lowest BCUT2D eigenvalue weighted by Gasteiger charge is -2.16. The first kappa shape index (κ1) is 20.0. The second-order valence-electron chi connectivity index (χ2n) is 5.48. The summed E-state index contributed by atoms with van der Waals surface area (Å²) in [5, 5.41) is 2.94. The summed E-state index contributed by atoms with van der Waals surface area (Å²) in [6.45, 7) is 3.17. The van der Waals surface area contributed by atoms with Gasteiger partial charge in [-0.1, -0.05) is 0 Å². The van der Waals surface area contributed by atoms with Crippen LogP contribution >= 0.6 is 11.3 Å². The number of amides is 1. The minimum absolute atomic E-state index is 0.00615. The van der Waals surface area contributed by atoms with Crippen molar-refractivity contribution in [3.05, 3.63) is 40.5 Å². The second-order valence-corrected chi connectivity index (χ2v) is 8.75. The molecule has 0 aliphatic carbocycles. The van der Waals surface area contributed by atoms with E-state index in [4.69, 9.17) is 4.74 Å². The Morgan fingerprint density at radius 2 is 2.04 bits per heavy atom. The minimum Gasteiger partial charge on any atom is -0.465 e. The molecule has 26 heavy (non-hydrogen) atoms. The number of esters is 1. The van der Waals surface area contributed by atoms with Crippen molar-refractivity contribution in [3.8, 4) is 0 Å². The van der Waals surface area contributed by atoms with Crippen LogP contribution in [0.5, 0.6) is 0 Å². The van der Waals surface area contributed by atoms with Gasteiger partial charge in [-0.2, -0.15) is 4.31 Å². The number of anilines is 1. The normalized spacial score (nSPS) is 11.4. The highest BCUT2D eigenvalue weighted by Gasteiger charge is 2.25. The number of aryl methyl sites for hydroxylation is 1. The molecule has 0 aromatic carbocycles. The molecule has 140 valence electrons. The van der Waals surface area contributed by atoms with Crippen molar-refractivity contribution in [2.45, 2.75) is 18.7 Å². The fraction of sp³-hybridized carbons (Fsp3) is 0.312. The van der Waals surface area contributed by atoms with Crippen molar-refractivity contribution in [1.29, 1.82) is 0 Å². The van der Waals surface area contributed by atoms with Gasteiger partial charge in [0.1, 0.15) is 9.90 Å². The Morgan fingerprint density at radius 1 is 1.35 bits per heavy atom. The third-order valence-electron chi connectivity index (χ3n) is 3.74. The molecule has 0 saturated heterocycles. The van der Waals surface area contributed by atoms with Crippen LogP contribution in [-0.2, 0) is 19.6 Å². The van der Waals surface area contributed by atoms with Crippen LogP contribution in [0.2, 0.25) is 0 Å². The van der Waals surface area contributed by atoms with Crippen LogP contribution in [-0.4, -0.2) is 50.3 Å². The van der Waals surface area contributed by atoms with Gasteiger partial charge in [0.25, 0.3) is 0 Å². The number of nitrogens with one attached hydrogen (secondary N) is 1. The number of rotatable bonds is 6. The first-order chi connectivity index (χ1) is 12.2. The van der Waals surface area contributed by atoms with Gasteiger partial charge in [-0.15, -0.1) is 11.3 Å². The van der Waals surface area contributed by atoms with E-state index < -0.39 is 28.4 Å². The highest BCUT2D eigenvalue weighted by atomic mass is 32.2. The Balaban J connectivity index is 2.17. The predicted molar refractivity (Wildman–Crippen MR) is 97.8 cm³/mol. The number of likely N-dealkylation sites (N-methyl/N-ethyl adjacent to an activating group) is 1. The molecular weight excluding hydrogens is 378 g/mol. The molecule has 0 spiro atoms. The number of carbonyl (C=O) groups is 2. The SMILES string of the molecule is COC(=O)c1c(NC(=O)CN(C)S(=O)(=O)c2cccnc2)sc(C)c1C. The highest BCUT2D eigenvalue weighted by molar-refractivity contribution is 7.89. The van der Waals surface area contributed by atoms with Gasteiger partial charge in [-0.25, -0.2) is 13.2 Å². The second kappa shape index (κ2) is 7.94. The lowest BCUT2D eigenvalue weighted by Crippen LogP contribution is -2.35. The average Bonchev–Trinajstić information content (AvgIpc) is 2.88. The van der Waals surface area contributed by atoms with E-state index in [1.807, 2.05) is 6.92 Å².